The number of aromatic carboxylic acids is 1. The quantitative estimate of drug-likeness (QED) is 0.730. The molecule has 104 valence electrons. The second-order valence-electron chi connectivity index (χ2n) is 4.85. The van der Waals surface area contributed by atoms with Gasteiger partial charge in [0.2, 0.25) is 0 Å². The molecule has 20 heavy (non-hydrogen) atoms. The van der Waals surface area contributed by atoms with Crippen molar-refractivity contribution in [2.24, 2.45) is 0 Å². The molecule has 0 fully saturated rings. The van der Waals surface area contributed by atoms with Gasteiger partial charge in [-0.1, -0.05) is 30.3 Å². The number of nitrogen functional groups attached to an aromatic ring is 1. The van der Waals surface area contributed by atoms with Gasteiger partial charge in [0.15, 0.2) is 0 Å². The molecular weight excluding hydrogens is 252 g/mol. The Bertz CT molecular complexity index is 597. The van der Waals surface area contributed by atoms with Gasteiger partial charge in [0, 0.05) is 11.7 Å². The van der Waals surface area contributed by atoms with Crippen LogP contribution < -0.4 is 11.1 Å². The lowest BCUT2D eigenvalue weighted by Crippen LogP contribution is -2.20. The van der Waals surface area contributed by atoms with Gasteiger partial charge in [-0.25, -0.2) is 4.79 Å². The van der Waals surface area contributed by atoms with Crippen molar-refractivity contribution in [3.8, 4) is 0 Å². The molecule has 0 aliphatic heterocycles. The molecule has 0 heterocycles. The minimum Gasteiger partial charge on any atom is -0.478 e. The lowest BCUT2D eigenvalue weighted by molar-refractivity contribution is 0.0698. The first-order valence-electron chi connectivity index (χ1n) is 6.49. The molecule has 4 N–H and O–H groups in total. The molecule has 1 atom stereocenters. The second-order valence-corrected chi connectivity index (χ2v) is 4.85. The zero-order valence-corrected chi connectivity index (χ0v) is 11.3. The number of anilines is 2. The van der Waals surface area contributed by atoms with E-state index >= 15 is 0 Å². The molecule has 2 aromatic carbocycles. The predicted octanol–water partition coefficient (Wildman–Crippen LogP) is 3.01. The summed E-state index contributed by atoms with van der Waals surface area (Å²) in [7, 11) is 0. The maximum absolute atomic E-state index is 11.2. The van der Waals surface area contributed by atoms with Gasteiger partial charge >= 0.3 is 5.97 Å². The third-order valence-corrected chi connectivity index (χ3v) is 3.06. The molecule has 1 unspecified atom stereocenters. The lowest BCUT2D eigenvalue weighted by Gasteiger charge is -2.17. The molecule has 0 aromatic heterocycles. The molecule has 4 nitrogen and oxygen atoms in total. The molecule has 2 rings (SSSR count). The van der Waals surface area contributed by atoms with Gasteiger partial charge in [0.1, 0.15) is 0 Å². The predicted molar refractivity (Wildman–Crippen MR) is 81.0 cm³/mol. The van der Waals surface area contributed by atoms with Crippen molar-refractivity contribution >= 4 is 17.3 Å². The van der Waals surface area contributed by atoms with Crippen molar-refractivity contribution in [3.05, 3.63) is 59.7 Å². The Kier molecular flexibility index (Phi) is 4.25. The van der Waals surface area contributed by atoms with Crippen molar-refractivity contribution < 1.29 is 9.90 Å². The molecule has 0 aliphatic carbocycles. The summed E-state index contributed by atoms with van der Waals surface area (Å²) in [5, 5.41) is 12.4. The minimum atomic E-state index is -0.959. The van der Waals surface area contributed by atoms with Crippen molar-refractivity contribution in [1.29, 1.82) is 0 Å². The SMILES string of the molecule is CC(Cc1ccccc1)Nc1cc(N)ccc1C(=O)O. The maximum atomic E-state index is 11.2. The van der Waals surface area contributed by atoms with Crippen LogP contribution in [0.15, 0.2) is 48.5 Å². The number of carbonyl (C=O) groups is 1. The number of rotatable bonds is 5. The largest absolute Gasteiger partial charge is 0.478 e. The topological polar surface area (TPSA) is 75.3 Å². The summed E-state index contributed by atoms with van der Waals surface area (Å²) < 4.78 is 0. The highest BCUT2D eigenvalue weighted by Gasteiger charge is 2.12. The van der Waals surface area contributed by atoms with E-state index in [9.17, 15) is 9.90 Å². The summed E-state index contributed by atoms with van der Waals surface area (Å²) in [6.45, 7) is 2.02. The van der Waals surface area contributed by atoms with E-state index in [-0.39, 0.29) is 11.6 Å². The van der Waals surface area contributed by atoms with Gasteiger partial charge in [-0.3, -0.25) is 0 Å². The molecule has 0 amide bonds. The Balaban J connectivity index is 2.13. The number of hydrogen-bond acceptors (Lipinski definition) is 3. The van der Waals surface area contributed by atoms with Crippen LogP contribution in [-0.4, -0.2) is 17.1 Å². The maximum Gasteiger partial charge on any atom is 0.337 e. The first-order valence-corrected chi connectivity index (χ1v) is 6.49. The number of nitrogens with one attached hydrogen (secondary N) is 1. The zero-order chi connectivity index (χ0) is 14.5. The van der Waals surface area contributed by atoms with E-state index in [1.807, 2.05) is 25.1 Å². The summed E-state index contributed by atoms with van der Waals surface area (Å²) in [4.78, 5) is 11.2. The number of hydrogen-bond donors (Lipinski definition) is 3. The van der Waals surface area contributed by atoms with Gasteiger partial charge in [0.05, 0.1) is 11.3 Å². The molecular formula is C16H18N2O2. The molecule has 0 saturated carbocycles. The van der Waals surface area contributed by atoms with Crippen molar-refractivity contribution in [3.63, 3.8) is 0 Å². The molecule has 0 spiro atoms. The number of carboxylic acids is 1. The van der Waals surface area contributed by atoms with E-state index in [1.165, 1.54) is 11.6 Å². The van der Waals surface area contributed by atoms with E-state index < -0.39 is 5.97 Å². The molecule has 0 saturated heterocycles. The molecule has 0 bridgehead atoms. The monoisotopic (exact) mass is 270 g/mol. The van der Waals surface area contributed by atoms with Gasteiger partial charge in [-0.05, 0) is 37.1 Å². The molecule has 4 heteroatoms. The third-order valence-electron chi connectivity index (χ3n) is 3.06. The molecule has 0 radical (unpaired) electrons. The fraction of sp³-hybridized carbons (Fsp3) is 0.188. The molecule has 0 aliphatic rings. The van der Waals surface area contributed by atoms with Crippen LogP contribution in [0.1, 0.15) is 22.8 Å². The average molecular weight is 270 g/mol. The van der Waals surface area contributed by atoms with Crippen LogP contribution >= 0.6 is 0 Å². The summed E-state index contributed by atoms with van der Waals surface area (Å²) in [6, 6.07) is 14.9. The second kappa shape index (κ2) is 6.10. The minimum absolute atomic E-state index is 0.109. The van der Waals surface area contributed by atoms with Crippen LogP contribution in [0.25, 0.3) is 0 Å². The summed E-state index contributed by atoms with van der Waals surface area (Å²) >= 11 is 0. The van der Waals surface area contributed by atoms with Crippen LogP contribution in [0.4, 0.5) is 11.4 Å². The Labute approximate surface area is 118 Å². The number of carboxylic acid groups (broad SMARTS) is 1. The van der Waals surface area contributed by atoms with Crippen LogP contribution in [-0.2, 0) is 6.42 Å². The van der Waals surface area contributed by atoms with E-state index in [0.29, 0.717) is 11.4 Å². The van der Waals surface area contributed by atoms with E-state index in [1.54, 1.807) is 12.1 Å². The van der Waals surface area contributed by atoms with E-state index in [2.05, 4.69) is 17.4 Å². The van der Waals surface area contributed by atoms with E-state index in [4.69, 9.17) is 5.73 Å². The number of benzene rings is 2. The van der Waals surface area contributed by atoms with Gasteiger partial charge < -0.3 is 16.2 Å². The van der Waals surface area contributed by atoms with Crippen molar-refractivity contribution in [2.75, 3.05) is 11.1 Å². The van der Waals surface area contributed by atoms with Gasteiger partial charge in [-0.2, -0.15) is 0 Å². The Morgan fingerprint density at radius 1 is 1.25 bits per heavy atom. The van der Waals surface area contributed by atoms with E-state index in [0.717, 1.165) is 6.42 Å². The summed E-state index contributed by atoms with van der Waals surface area (Å²) in [5.41, 5.74) is 8.26. The highest BCUT2D eigenvalue weighted by atomic mass is 16.4. The lowest BCUT2D eigenvalue weighted by atomic mass is 10.1. The van der Waals surface area contributed by atoms with Crippen LogP contribution in [0.3, 0.4) is 0 Å². The standard InChI is InChI=1S/C16H18N2O2/c1-11(9-12-5-3-2-4-6-12)18-15-10-13(17)7-8-14(15)16(19)20/h2-8,10-11,18H,9,17H2,1H3,(H,19,20). The zero-order valence-electron chi connectivity index (χ0n) is 11.3. The Morgan fingerprint density at radius 3 is 2.60 bits per heavy atom. The summed E-state index contributed by atoms with van der Waals surface area (Å²) in [6.07, 6.45) is 0.814. The highest BCUT2D eigenvalue weighted by molar-refractivity contribution is 5.95. The normalized spacial score (nSPS) is 11.8. The van der Waals surface area contributed by atoms with Crippen molar-refractivity contribution in [2.45, 2.75) is 19.4 Å². The van der Waals surface area contributed by atoms with Gasteiger partial charge in [0.25, 0.3) is 0 Å². The first kappa shape index (κ1) is 13.9. The third kappa shape index (κ3) is 3.51. The summed E-state index contributed by atoms with van der Waals surface area (Å²) in [5.74, 6) is -0.959. The van der Waals surface area contributed by atoms with Crippen LogP contribution in [0, 0.1) is 0 Å². The Morgan fingerprint density at radius 2 is 1.95 bits per heavy atom. The van der Waals surface area contributed by atoms with Crippen LogP contribution in [0.2, 0.25) is 0 Å². The number of nitrogens with two attached hydrogens (primary N) is 1. The van der Waals surface area contributed by atoms with Gasteiger partial charge in [-0.15, -0.1) is 0 Å². The Hall–Kier alpha value is -2.49. The van der Waals surface area contributed by atoms with Crippen molar-refractivity contribution in [1.82, 2.24) is 0 Å². The molecule has 2 aromatic rings. The smallest absolute Gasteiger partial charge is 0.337 e. The fourth-order valence-electron chi connectivity index (χ4n) is 2.15. The fourth-order valence-corrected chi connectivity index (χ4v) is 2.15. The average Bonchev–Trinajstić information content (AvgIpc) is 2.39. The highest BCUT2D eigenvalue weighted by Crippen LogP contribution is 2.21. The van der Waals surface area contributed by atoms with Crippen LogP contribution in [0.5, 0.6) is 0 Å². The first-order chi connectivity index (χ1) is 9.56.